The van der Waals surface area contributed by atoms with Crippen molar-refractivity contribution < 1.29 is 38.8 Å². The van der Waals surface area contributed by atoms with Gasteiger partial charge in [-0.05, 0) is 46.8 Å². The van der Waals surface area contributed by atoms with Gasteiger partial charge in [0.05, 0.1) is 23.8 Å². The summed E-state index contributed by atoms with van der Waals surface area (Å²) in [5.41, 5.74) is 2.51. The van der Waals surface area contributed by atoms with Crippen LogP contribution in [0, 0.1) is 0 Å². The average molecular weight is 440 g/mol. The van der Waals surface area contributed by atoms with Crippen LogP contribution >= 0.6 is 0 Å². The maximum absolute atomic E-state index is 12.5. The highest BCUT2D eigenvalue weighted by molar-refractivity contribution is 5.89. The van der Waals surface area contributed by atoms with E-state index in [-0.39, 0.29) is 18.6 Å². The largest absolute Gasteiger partial charge is 0.456 e. The van der Waals surface area contributed by atoms with Crippen LogP contribution in [0.15, 0.2) is 30.3 Å². The van der Waals surface area contributed by atoms with E-state index in [2.05, 4.69) is 5.43 Å². The quantitative estimate of drug-likeness (QED) is 0.302. The lowest BCUT2D eigenvalue weighted by molar-refractivity contribution is -0.0647. The Labute approximate surface area is 182 Å². The minimum absolute atomic E-state index is 0.0897. The SMILES string of the molecule is CC(C)OC(=O)NN(C(=O)OC(C)C)[C@H](C)[C@@H](O)[C@H](CCO)OC(=O)c1ccccc1. The van der Waals surface area contributed by atoms with Gasteiger partial charge in [-0.3, -0.25) is 0 Å². The molecule has 0 fully saturated rings. The molecule has 0 aliphatic rings. The molecule has 0 saturated heterocycles. The Hall–Kier alpha value is -2.85. The van der Waals surface area contributed by atoms with Crippen molar-refractivity contribution in [3.8, 4) is 0 Å². The summed E-state index contributed by atoms with van der Waals surface area (Å²) in [5.74, 6) is -0.700. The first-order valence-corrected chi connectivity index (χ1v) is 10.1. The Bertz CT molecular complexity index is 711. The molecule has 2 amide bonds. The molecule has 0 aliphatic heterocycles. The van der Waals surface area contributed by atoms with Crippen molar-refractivity contribution >= 4 is 18.2 Å². The first-order valence-electron chi connectivity index (χ1n) is 10.1. The fourth-order valence-electron chi connectivity index (χ4n) is 2.58. The molecule has 0 radical (unpaired) electrons. The first kappa shape index (κ1) is 26.2. The third-order valence-electron chi connectivity index (χ3n) is 4.05. The molecule has 0 aliphatic carbocycles. The van der Waals surface area contributed by atoms with Gasteiger partial charge >= 0.3 is 18.2 Å². The fourth-order valence-corrected chi connectivity index (χ4v) is 2.58. The predicted octanol–water partition coefficient (Wildman–Crippen LogP) is 2.24. The number of esters is 1. The number of aliphatic hydroxyl groups is 2. The maximum atomic E-state index is 12.5. The fraction of sp³-hybridized carbons (Fsp3) is 0.571. The number of rotatable bonds is 9. The number of carbonyl (C=O) groups excluding carboxylic acids is 3. The second kappa shape index (κ2) is 12.8. The van der Waals surface area contributed by atoms with E-state index >= 15 is 0 Å². The molecule has 174 valence electrons. The van der Waals surface area contributed by atoms with Crippen LogP contribution in [0.4, 0.5) is 9.59 Å². The van der Waals surface area contributed by atoms with E-state index in [4.69, 9.17) is 14.2 Å². The van der Waals surface area contributed by atoms with E-state index in [1.165, 1.54) is 6.92 Å². The molecule has 10 nitrogen and oxygen atoms in total. The summed E-state index contributed by atoms with van der Waals surface area (Å²) in [6.07, 6.45) is -5.50. The van der Waals surface area contributed by atoms with Gasteiger partial charge in [0, 0.05) is 13.0 Å². The number of aliphatic hydroxyl groups excluding tert-OH is 2. The van der Waals surface area contributed by atoms with Crippen LogP contribution < -0.4 is 5.43 Å². The van der Waals surface area contributed by atoms with Gasteiger partial charge in [0.25, 0.3) is 0 Å². The van der Waals surface area contributed by atoms with E-state index in [9.17, 15) is 24.6 Å². The monoisotopic (exact) mass is 440 g/mol. The molecule has 3 N–H and O–H groups in total. The van der Waals surface area contributed by atoms with Crippen LogP contribution in [-0.4, -0.2) is 70.4 Å². The number of nitrogens with one attached hydrogen (secondary N) is 1. The highest BCUT2D eigenvalue weighted by atomic mass is 16.6. The Morgan fingerprint density at radius 3 is 2.06 bits per heavy atom. The number of nitrogens with zero attached hydrogens (tertiary/aromatic N) is 1. The minimum atomic E-state index is -1.46. The molecule has 0 aromatic heterocycles. The van der Waals surface area contributed by atoms with Gasteiger partial charge in [-0.15, -0.1) is 0 Å². The number of hydrogen-bond acceptors (Lipinski definition) is 8. The Morgan fingerprint density at radius 2 is 1.55 bits per heavy atom. The lowest BCUT2D eigenvalue weighted by Crippen LogP contribution is -2.58. The van der Waals surface area contributed by atoms with Gasteiger partial charge in [-0.25, -0.2) is 24.8 Å². The van der Waals surface area contributed by atoms with Crippen molar-refractivity contribution in [2.45, 2.75) is 71.5 Å². The first-order chi connectivity index (χ1) is 14.6. The van der Waals surface area contributed by atoms with Crippen molar-refractivity contribution in [3.05, 3.63) is 35.9 Å². The van der Waals surface area contributed by atoms with E-state index < -0.39 is 48.6 Å². The van der Waals surface area contributed by atoms with Crippen molar-refractivity contribution in [3.63, 3.8) is 0 Å². The summed E-state index contributed by atoms with van der Waals surface area (Å²) in [4.78, 5) is 37.0. The number of hydrogen-bond donors (Lipinski definition) is 3. The highest BCUT2D eigenvalue weighted by Gasteiger charge is 2.36. The number of amides is 2. The standard InChI is InChI=1S/C21H32N2O8/c1-13(2)29-20(27)22-23(21(28)30-14(3)4)15(5)18(25)17(11-12-24)31-19(26)16-9-7-6-8-10-16/h6-10,13-15,17-18,24-25H,11-12H2,1-5H3,(H,22,27)/t15-,17+,18-/m1/s1. The topological polar surface area (TPSA) is 135 Å². The second-order valence-electron chi connectivity index (χ2n) is 7.42. The smallest absolute Gasteiger partial charge is 0.429 e. The Kier molecular flexibility index (Phi) is 10.8. The molecule has 0 spiro atoms. The number of hydrazine groups is 1. The summed E-state index contributed by atoms with van der Waals surface area (Å²) < 4.78 is 15.5. The third kappa shape index (κ3) is 8.81. The summed E-state index contributed by atoms with van der Waals surface area (Å²) in [5, 5.41) is 21.0. The van der Waals surface area contributed by atoms with Crippen LogP contribution in [-0.2, 0) is 14.2 Å². The minimum Gasteiger partial charge on any atom is -0.456 e. The van der Waals surface area contributed by atoms with E-state index in [1.807, 2.05) is 0 Å². The maximum Gasteiger partial charge on any atom is 0.429 e. The molecule has 1 aromatic carbocycles. The van der Waals surface area contributed by atoms with Gasteiger partial charge in [0.1, 0.15) is 12.2 Å². The lowest BCUT2D eigenvalue weighted by atomic mass is 10.0. The summed E-state index contributed by atoms with van der Waals surface area (Å²) in [6.45, 7) is 7.57. The van der Waals surface area contributed by atoms with Gasteiger partial charge in [-0.1, -0.05) is 18.2 Å². The molecule has 10 heteroatoms. The summed E-state index contributed by atoms with van der Waals surface area (Å²) in [6, 6.07) is 7.05. The van der Waals surface area contributed by atoms with Gasteiger partial charge in [-0.2, -0.15) is 0 Å². The summed E-state index contributed by atoms with van der Waals surface area (Å²) >= 11 is 0. The van der Waals surface area contributed by atoms with Crippen molar-refractivity contribution in [1.82, 2.24) is 10.4 Å². The second-order valence-corrected chi connectivity index (χ2v) is 7.42. The Morgan fingerprint density at radius 1 is 0.968 bits per heavy atom. The molecule has 0 bridgehead atoms. The van der Waals surface area contributed by atoms with Crippen molar-refractivity contribution in [1.29, 1.82) is 0 Å². The molecule has 0 heterocycles. The molecule has 0 saturated carbocycles. The normalized spacial score (nSPS) is 13.8. The van der Waals surface area contributed by atoms with E-state index in [0.717, 1.165) is 5.01 Å². The van der Waals surface area contributed by atoms with Gasteiger partial charge in [0.2, 0.25) is 0 Å². The highest BCUT2D eigenvalue weighted by Crippen LogP contribution is 2.16. The number of carbonyl (C=O) groups is 3. The van der Waals surface area contributed by atoms with E-state index in [1.54, 1.807) is 58.0 Å². The van der Waals surface area contributed by atoms with Gasteiger partial charge in [0.15, 0.2) is 0 Å². The van der Waals surface area contributed by atoms with Crippen molar-refractivity contribution in [2.24, 2.45) is 0 Å². The molecule has 0 unspecified atom stereocenters. The summed E-state index contributed by atoms with van der Waals surface area (Å²) in [7, 11) is 0. The predicted molar refractivity (Wildman–Crippen MR) is 111 cm³/mol. The molecule has 31 heavy (non-hydrogen) atoms. The zero-order chi connectivity index (χ0) is 23.6. The van der Waals surface area contributed by atoms with Crippen LogP contribution in [0.25, 0.3) is 0 Å². The van der Waals surface area contributed by atoms with Crippen LogP contribution in [0.2, 0.25) is 0 Å². The lowest BCUT2D eigenvalue weighted by Gasteiger charge is -2.34. The molecule has 1 rings (SSSR count). The van der Waals surface area contributed by atoms with Crippen LogP contribution in [0.3, 0.4) is 0 Å². The molecule has 3 atom stereocenters. The molecule has 1 aromatic rings. The number of benzene rings is 1. The zero-order valence-corrected chi connectivity index (χ0v) is 18.5. The molecular weight excluding hydrogens is 408 g/mol. The third-order valence-corrected chi connectivity index (χ3v) is 4.05. The zero-order valence-electron chi connectivity index (χ0n) is 18.5. The number of ether oxygens (including phenoxy) is 3. The molecular formula is C21H32N2O8. The van der Waals surface area contributed by atoms with Gasteiger partial charge < -0.3 is 24.4 Å². The van der Waals surface area contributed by atoms with E-state index in [0.29, 0.717) is 0 Å². The van der Waals surface area contributed by atoms with Crippen LogP contribution in [0.1, 0.15) is 51.4 Å². The van der Waals surface area contributed by atoms with Crippen molar-refractivity contribution in [2.75, 3.05) is 6.61 Å². The average Bonchev–Trinajstić information content (AvgIpc) is 2.70. The Balaban J connectivity index is 3.02. The van der Waals surface area contributed by atoms with Crippen LogP contribution in [0.5, 0.6) is 0 Å².